The zero-order valence-corrected chi connectivity index (χ0v) is 16.3. The molecule has 1 aromatic carbocycles. The average Bonchev–Trinajstić information content (AvgIpc) is 3.07. The van der Waals surface area contributed by atoms with Gasteiger partial charge in [-0.05, 0) is 50.8 Å². The molecule has 1 aliphatic heterocycles. The number of carbonyl (C=O) groups is 2. The van der Waals surface area contributed by atoms with Crippen LogP contribution in [0.1, 0.15) is 41.6 Å². The monoisotopic (exact) mass is 390 g/mol. The van der Waals surface area contributed by atoms with Crippen LogP contribution in [-0.4, -0.2) is 41.5 Å². The van der Waals surface area contributed by atoms with Crippen molar-refractivity contribution in [2.45, 2.75) is 33.1 Å². The zero-order chi connectivity index (χ0) is 19.4. The average molecular weight is 391 g/mol. The topological polar surface area (TPSA) is 72.6 Å². The molecule has 0 unspecified atom stereocenters. The van der Waals surface area contributed by atoms with Crippen molar-refractivity contribution < 1.29 is 18.7 Å². The Morgan fingerprint density at radius 2 is 2.22 bits per heavy atom. The Morgan fingerprint density at radius 3 is 2.89 bits per heavy atom. The highest BCUT2D eigenvalue weighted by Crippen LogP contribution is 2.36. The van der Waals surface area contributed by atoms with Crippen LogP contribution in [0, 0.1) is 12.3 Å². The first-order valence-electron chi connectivity index (χ1n) is 9.06. The molecule has 1 amide bonds. The number of rotatable bonds is 5. The molecule has 7 heteroatoms. The summed E-state index contributed by atoms with van der Waals surface area (Å²) in [6, 6.07) is 7.45. The van der Waals surface area contributed by atoms with Crippen molar-refractivity contribution in [3.05, 3.63) is 52.7 Å². The third-order valence-electron chi connectivity index (χ3n) is 4.94. The lowest BCUT2D eigenvalue weighted by Gasteiger charge is -2.40. The molecule has 1 aliphatic rings. The quantitative estimate of drug-likeness (QED) is 0.728. The van der Waals surface area contributed by atoms with Gasteiger partial charge in [0.2, 0.25) is 5.76 Å². The molecule has 2 heterocycles. The molecule has 6 nitrogen and oxygen atoms in total. The highest BCUT2D eigenvalue weighted by molar-refractivity contribution is 6.30. The van der Waals surface area contributed by atoms with E-state index in [1.165, 1.54) is 6.39 Å². The third kappa shape index (κ3) is 4.16. The van der Waals surface area contributed by atoms with Crippen LogP contribution < -0.4 is 0 Å². The van der Waals surface area contributed by atoms with Gasteiger partial charge in [0.25, 0.3) is 5.91 Å². The summed E-state index contributed by atoms with van der Waals surface area (Å²) in [6.45, 7) is 4.65. The van der Waals surface area contributed by atoms with Crippen LogP contribution in [0.2, 0.25) is 5.02 Å². The highest BCUT2D eigenvalue weighted by Gasteiger charge is 2.45. The van der Waals surface area contributed by atoms with E-state index in [-0.39, 0.29) is 24.2 Å². The first kappa shape index (κ1) is 19.4. The number of hydrogen-bond donors (Lipinski definition) is 0. The molecule has 0 spiro atoms. The summed E-state index contributed by atoms with van der Waals surface area (Å²) >= 11 is 6.11. The van der Waals surface area contributed by atoms with Crippen LogP contribution in [-0.2, 0) is 16.0 Å². The van der Waals surface area contributed by atoms with Crippen LogP contribution >= 0.6 is 11.6 Å². The van der Waals surface area contributed by atoms with Crippen molar-refractivity contribution in [3.63, 3.8) is 0 Å². The molecular weight excluding hydrogens is 368 g/mol. The Hall–Kier alpha value is -2.34. The maximum Gasteiger partial charge on any atom is 0.314 e. The molecule has 0 N–H and O–H groups in total. The van der Waals surface area contributed by atoms with E-state index in [1.54, 1.807) is 24.8 Å². The van der Waals surface area contributed by atoms with Gasteiger partial charge in [0, 0.05) is 18.1 Å². The molecule has 1 fully saturated rings. The number of halogens is 1. The first-order valence-corrected chi connectivity index (χ1v) is 9.44. The Bertz CT molecular complexity index is 835. The van der Waals surface area contributed by atoms with Crippen LogP contribution in [0.4, 0.5) is 0 Å². The van der Waals surface area contributed by atoms with Gasteiger partial charge in [-0.3, -0.25) is 9.59 Å². The number of ether oxygens (including phenoxy) is 1. The normalized spacial score (nSPS) is 19.7. The number of nitrogens with zero attached hydrogens (tertiary/aromatic N) is 2. The molecule has 144 valence electrons. The number of aryl methyl sites for hydroxylation is 1. The smallest absolute Gasteiger partial charge is 0.314 e. The number of piperidine rings is 1. The van der Waals surface area contributed by atoms with Gasteiger partial charge in [0.1, 0.15) is 0 Å². The SMILES string of the molecule is CCOC(=O)[C@@]1(Cc2cccc(Cl)c2)CCCN(C(=O)c2ocnc2C)C1. The maximum absolute atomic E-state index is 12.9. The Kier molecular flexibility index (Phi) is 5.85. The lowest BCUT2D eigenvalue weighted by Crippen LogP contribution is -2.51. The fraction of sp³-hybridized carbons (Fsp3) is 0.450. The van der Waals surface area contributed by atoms with E-state index in [9.17, 15) is 9.59 Å². The summed E-state index contributed by atoms with van der Waals surface area (Å²) in [5.41, 5.74) is 0.686. The van der Waals surface area contributed by atoms with E-state index in [4.69, 9.17) is 20.8 Å². The van der Waals surface area contributed by atoms with Crippen LogP contribution in [0.15, 0.2) is 35.1 Å². The van der Waals surface area contributed by atoms with E-state index in [1.807, 2.05) is 18.2 Å². The van der Waals surface area contributed by atoms with Gasteiger partial charge in [-0.25, -0.2) is 4.98 Å². The lowest BCUT2D eigenvalue weighted by atomic mass is 9.75. The largest absolute Gasteiger partial charge is 0.466 e. The molecule has 0 aliphatic carbocycles. The van der Waals surface area contributed by atoms with Crippen LogP contribution in [0.3, 0.4) is 0 Å². The Morgan fingerprint density at radius 1 is 1.41 bits per heavy atom. The number of esters is 1. The van der Waals surface area contributed by atoms with Crippen LogP contribution in [0.5, 0.6) is 0 Å². The van der Waals surface area contributed by atoms with Gasteiger partial charge < -0.3 is 14.1 Å². The van der Waals surface area contributed by atoms with E-state index in [0.29, 0.717) is 43.1 Å². The minimum absolute atomic E-state index is 0.220. The molecule has 3 rings (SSSR count). The summed E-state index contributed by atoms with van der Waals surface area (Å²) in [5, 5.41) is 0.618. The number of benzene rings is 1. The lowest BCUT2D eigenvalue weighted by molar-refractivity contribution is -0.158. The predicted octanol–water partition coefficient (Wildman–Crippen LogP) is 3.66. The summed E-state index contributed by atoms with van der Waals surface area (Å²) in [5.74, 6) is -0.307. The second-order valence-corrected chi connectivity index (χ2v) is 7.34. The molecule has 0 radical (unpaired) electrons. The molecule has 2 aromatic rings. The number of oxazole rings is 1. The zero-order valence-electron chi connectivity index (χ0n) is 15.5. The van der Waals surface area contributed by atoms with Gasteiger partial charge in [0.05, 0.1) is 17.7 Å². The molecule has 0 bridgehead atoms. The second-order valence-electron chi connectivity index (χ2n) is 6.90. The van der Waals surface area contributed by atoms with Crippen molar-refractivity contribution in [2.24, 2.45) is 5.41 Å². The van der Waals surface area contributed by atoms with Gasteiger partial charge >= 0.3 is 5.97 Å². The molecular formula is C20H23ClN2O4. The summed E-state index contributed by atoms with van der Waals surface area (Å²) in [4.78, 5) is 31.4. The predicted molar refractivity (Wildman–Crippen MR) is 101 cm³/mol. The Labute approximate surface area is 163 Å². The molecule has 0 saturated carbocycles. The van der Waals surface area contributed by atoms with Gasteiger partial charge in [0.15, 0.2) is 6.39 Å². The first-order chi connectivity index (χ1) is 12.9. The van der Waals surface area contributed by atoms with Crippen molar-refractivity contribution in [1.82, 2.24) is 9.88 Å². The molecule has 1 aromatic heterocycles. The number of hydrogen-bond acceptors (Lipinski definition) is 5. The molecule has 27 heavy (non-hydrogen) atoms. The number of carbonyl (C=O) groups excluding carboxylic acids is 2. The minimum atomic E-state index is -0.803. The van der Waals surface area contributed by atoms with E-state index in [2.05, 4.69) is 4.98 Å². The van der Waals surface area contributed by atoms with Gasteiger partial charge in [-0.2, -0.15) is 0 Å². The van der Waals surface area contributed by atoms with Crippen molar-refractivity contribution >= 4 is 23.5 Å². The van der Waals surface area contributed by atoms with E-state index >= 15 is 0 Å². The van der Waals surface area contributed by atoms with Crippen LogP contribution in [0.25, 0.3) is 0 Å². The fourth-order valence-corrected chi connectivity index (χ4v) is 3.87. The molecule has 1 atom stereocenters. The van der Waals surface area contributed by atoms with Crippen molar-refractivity contribution in [2.75, 3.05) is 19.7 Å². The Balaban J connectivity index is 1.89. The van der Waals surface area contributed by atoms with Gasteiger partial charge in [-0.15, -0.1) is 0 Å². The molecule has 1 saturated heterocycles. The van der Waals surface area contributed by atoms with Crippen molar-refractivity contribution in [1.29, 1.82) is 0 Å². The van der Waals surface area contributed by atoms with Crippen molar-refractivity contribution in [3.8, 4) is 0 Å². The number of likely N-dealkylation sites (tertiary alicyclic amines) is 1. The van der Waals surface area contributed by atoms with Gasteiger partial charge in [-0.1, -0.05) is 23.7 Å². The van der Waals surface area contributed by atoms with E-state index in [0.717, 1.165) is 5.56 Å². The third-order valence-corrected chi connectivity index (χ3v) is 5.18. The fourth-order valence-electron chi connectivity index (χ4n) is 3.66. The number of amides is 1. The maximum atomic E-state index is 12.9. The highest BCUT2D eigenvalue weighted by atomic mass is 35.5. The summed E-state index contributed by atoms with van der Waals surface area (Å²) in [7, 11) is 0. The summed E-state index contributed by atoms with van der Waals surface area (Å²) < 4.78 is 10.6. The van der Waals surface area contributed by atoms with E-state index < -0.39 is 5.41 Å². The second kappa shape index (κ2) is 8.13. The summed E-state index contributed by atoms with van der Waals surface area (Å²) in [6.07, 6.45) is 3.08. The standard InChI is InChI=1S/C20H23ClN2O4/c1-3-26-19(25)20(11-15-6-4-7-16(21)10-15)8-5-9-23(12-20)18(24)17-14(2)22-13-27-17/h4,6-7,10,13H,3,5,8-9,11-12H2,1-2H3/t20-/m1/s1. The number of aromatic nitrogens is 1. The minimum Gasteiger partial charge on any atom is -0.466 e.